The molecule has 0 aliphatic carbocycles. The fourth-order valence-corrected chi connectivity index (χ4v) is 2.79. The first-order chi connectivity index (χ1) is 13.0. The molecule has 0 radical (unpaired) electrons. The van der Waals surface area contributed by atoms with Crippen molar-refractivity contribution in [2.75, 3.05) is 30.4 Å². The molecule has 0 bridgehead atoms. The lowest BCUT2D eigenvalue weighted by Crippen LogP contribution is -2.50. The van der Waals surface area contributed by atoms with Crippen LogP contribution < -0.4 is 20.3 Å². The molecule has 9 heteroatoms. The summed E-state index contributed by atoms with van der Waals surface area (Å²) in [6, 6.07) is 12.7. The lowest BCUT2D eigenvalue weighted by Gasteiger charge is -2.34. The zero-order chi connectivity index (χ0) is 19.4. The summed E-state index contributed by atoms with van der Waals surface area (Å²) in [6.07, 6.45) is -0.725. The number of benzene rings is 2. The second kappa shape index (κ2) is 7.73. The van der Waals surface area contributed by atoms with Crippen molar-refractivity contribution in [2.24, 2.45) is 0 Å². The molecule has 0 saturated heterocycles. The molecule has 27 heavy (non-hydrogen) atoms. The summed E-state index contributed by atoms with van der Waals surface area (Å²) < 4.78 is 5.70. The van der Waals surface area contributed by atoms with E-state index in [1.807, 2.05) is 12.1 Å². The summed E-state index contributed by atoms with van der Waals surface area (Å²) in [7, 11) is 1.53. The molecule has 1 aliphatic rings. The summed E-state index contributed by atoms with van der Waals surface area (Å²) in [5, 5.41) is 15.9. The van der Waals surface area contributed by atoms with Crippen LogP contribution in [0, 0.1) is 10.1 Å². The Morgan fingerprint density at radius 1 is 1.22 bits per heavy atom. The third-order valence-corrected chi connectivity index (χ3v) is 4.10. The molecule has 2 N–H and O–H groups in total. The number of hydrogen-bond donors (Lipinski definition) is 2. The lowest BCUT2D eigenvalue weighted by atomic mass is 10.1. The topological polar surface area (TPSA) is 114 Å². The summed E-state index contributed by atoms with van der Waals surface area (Å²) in [5.74, 6) is -0.0537. The summed E-state index contributed by atoms with van der Waals surface area (Å²) in [4.78, 5) is 36.3. The Kier molecular flexibility index (Phi) is 5.20. The minimum atomic E-state index is -0.725. The van der Waals surface area contributed by atoms with Crippen molar-refractivity contribution in [3.63, 3.8) is 0 Å². The molecule has 1 atom stereocenters. The second-order valence-corrected chi connectivity index (χ2v) is 5.92. The summed E-state index contributed by atoms with van der Waals surface area (Å²) >= 11 is 0. The fraction of sp³-hybridized carbons (Fsp3) is 0.222. The number of nitrogens with one attached hydrogen (secondary N) is 2. The average molecular weight is 370 g/mol. The smallest absolute Gasteiger partial charge is 0.269 e. The van der Waals surface area contributed by atoms with Gasteiger partial charge in [-0.3, -0.25) is 19.7 Å². The van der Waals surface area contributed by atoms with Crippen molar-refractivity contribution in [2.45, 2.75) is 6.10 Å². The van der Waals surface area contributed by atoms with Gasteiger partial charge in [-0.1, -0.05) is 12.1 Å². The molecule has 0 spiro atoms. The van der Waals surface area contributed by atoms with E-state index in [-0.39, 0.29) is 30.6 Å². The Morgan fingerprint density at radius 3 is 2.59 bits per heavy atom. The third-order valence-electron chi connectivity index (χ3n) is 4.10. The predicted molar refractivity (Wildman–Crippen MR) is 98.9 cm³/mol. The van der Waals surface area contributed by atoms with Gasteiger partial charge in [-0.15, -0.1) is 0 Å². The van der Waals surface area contributed by atoms with E-state index in [0.29, 0.717) is 11.4 Å². The number of non-ortho nitro benzene ring substituents is 1. The number of hydrogen-bond acceptors (Lipinski definition) is 6. The predicted octanol–water partition coefficient (Wildman–Crippen LogP) is 1.55. The van der Waals surface area contributed by atoms with Gasteiger partial charge in [-0.25, -0.2) is 0 Å². The van der Waals surface area contributed by atoms with Crippen LogP contribution in [0.2, 0.25) is 0 Å². The minimum absolute atomic E-state index is 0.00482. The Morgan fingerprint density at radius 2 is 1.93 bits per heavy atom. The zero-order valence-corrected chi connectivity index (χ0v) is 14.5. The molecule has 9 nitrogen and oxygen atoms in total. The molecule has 0 fully saturated rings. The third kappa shape index (κ3) is 4.14. The van der Waals surface area contributed by atoms with Gasteiger partial charge in [0.25, 0.3) is 11.6 Å². The van der Waals surface area contributed by atoms with E-state index in [2.05, 4.69) is 10.6 Å². The van der Waals surface area contributed by atoms with E-state index in [4.69, 9.17) is 4.74 Å². The van der Waals surface area contributed by atoms with Gasteiger partial charge in [0.1, 0.15) is 5.75 Å². The Hall–Kier alpha value is -3.62. The van der Waals surface area contributed by atoms with E-state index in [9.17, 15) is 19.7 Å². The number of anilines is 2. The lowest BCUT2D eigenvalue weighted by molar-refractivity contribution is -0.384. The van der Waals surface area contributed by atoms with E-state index in [1.54, 1.807) is 17.0 Å². The highest BCUT2D eigenvalue weighted by Gasteiger charge is 2.31. The number of amides is 2. The molecule has 0 aromatic heterocycles. The van der Waals surface area contributed by atoms with Crippen LogP contribution in [0.3, 0.4) is 0 Å². The van der Waals surface area contributed by atoms with Gasteiger partial charge in [0.05, 0.1) is 23.7 Å². The number of likely N-dealkylation sites (N-methyl/N-ethyl adjacent to an activating group) is 1. The number of para-hydroxylation sites is 2. The van der Waals surface area contributed by atoms with Crippen LogP contribution >= 0.6 is 0 Å². The van der Waals surface area contributed by atoms with Gasteiger partial charge in [-0.05, 0) is 24.3 Å². The van der Waals surface area contributed by atoms with Crippen LogP contribution in [-0.4, -0.2) is 43.0 Å². The largest absolute Gasteiger partial charge is 0.477 e. The highest BCUT2D eigenvalue weighted by Crippen LogP contribution is 2.33. The van der Waals surface area contributed by atoms with E-state index in [1.165, 1.54) is 31.3 Å². The van der Waals surface area contributed by atoms with Gasteiger partial charge in [0.2, 0.25) is 5.91 Å². The van der Waals surface area contributed by atoms with Crippen molar-refractivity contribution >= 4 is 28.9 Å². The first kappa shape index (κ1) is 18.2. The van der Waals surface area contributed by atoms with E-state index in [0.717, 1.165) is 5.69 Å². The molecule has 0 unspecified atom stereocenters. The van der Waals surface area contributed by atoms with Crippen LogP contribution in [0.1, 0.15) is 0 Å². The van der Waals surface area contributed by atoms with Gasteiger partial charge < -0.3 is 20.3 Å². The first-order valence-electron chi connectivity index (χ1n) is 8.24. The van der Waals surface area contributed by atoms with E-state index >= 15 is 0 Å². The van der Waals surface area contributed by atoms with Gasteiger partial charge >= 0.3 is 0 Å². The molecule has 2 aromatic carbocycles. The van der Waals surface area contributed by atoms with Crippen molar-refractivity contribution in [1.82, 2.24) is 5.32 Å². The molecule has 1 aliphatic heterocycles. The van der Waals surface area contributed by atoms with Crippen LogP contribution in [0.4, 0.5) is 17.1 Å². The molecular formula is C18H18N4O5. The molecule has 1 heterocycles. The highest BCUT2D eigenvalue weighted by atomic mass is 16.6. The number of carbonyl (C=O) groups is 2. The van der Waals surface area contributed by atoms with Crippen LogP contribution in [0.25, 0.3) is 0 Å². The number of carbonyl (C=O) groups excluding carboxylic acids is 2. The quantitative estimate of drug-likeness (QED) is 0.610. The van der Waals surface area contributed by atoms with Gasteiger partial charge in [-0.2, -0.15) is 0 Å². The van der Waals surface area contributed by atoms with Crippen molar-refractivity contribution in [3.05, 3.63) is 58.6 Å². The van der Waals surface area contributed by atoms with Crippen molar-refractivity contribution in [3.8, 4) is 5.75 Å². The normalized spacial score (nSPS) is 15.3. The molecule has 3 rings (SSSR count). The maximum absolute atomic E-state index is 12.4. The number of nitrogens with zero attached hydrogens (tertiary/aromatic N) is 2. The number of fused-ring (bicyclic) bond motifs is 1. The van der Waals surface area contributed by atoms with Gasteiger partial charge in [0, 0.05) is 24.9 Å². The Balaban J connectivity index is 1.72. The molecule has 140 valence electrons. The Bertz CT molecular complexity index is 868. The number of nitro groups is 1. The first-order valence-corrected chi connectivity index (χ1v) is 8.24. The number of rotatable bonds is 5. The van der Waals surface area contributed by atoms with Crippen molar-refractivity contribution < 1.29 is 19.2 Å². The van der Waals surface area contributed by atoms with Crippen LogP contribution in [0.15, 0.2) is 48.5 Å². The van der Waals surface area contributed by atoms with E-state index < -0.39 is 11.0 Å². The standard InChI is InChI=1S/C18H18N4O5/c1-19-18(24)16-10-21(14-4-2-3-5-15(14)27-16)11-17(23)20-12-6-8-13(9-7-12)22(25)26/h2-9,16H,10-11H2,1H3,(H,19,24)(H,20,23)/t16-/m0/s1. The fourth-order valence-electron chi connectivity index (χ4n) is 2.79. The monoisotopic (exact) mass is 370 g/mol. The number of ether oxygens (including phenoxy) is 1. The van der Waals surface area contributed by atoms with Crippen LogP contribution in [0.5, 0.6) is 5.75 Å². The molecule has 2 aromatic rings. The second-order valence-electron chi connectivity index (χ2n) is 5.92. The minimum Gasteiger partial charge on any atom is -0.477 e. The van der Waals surface area contributed by atoms with Gasteiger partial charge in [0.15, 0.2) is 6.10 Å². The average Bonchev–Trinajstić information content (AvgIpc) is 2.67. The zero-order valence-electron chi connectivity index (χ0n) is 14.5. The highest BCUT2D eigenvalue weighted by molar-refractivity contribution is 5.95. The maximum Gasteiger partial charge on any atom is 0.269 e. The number of nitro benzene ring substituents is 1. The van der Waals surface area contributed by atoms with Crippen LogP contribution in [-0.2, 0) is 9.59 Å². The SMILES string of the molecule is CNC(=O)[C@@H]1CN(CC(=O)Nc2ccc([N+](=O)[O-])cc2)c2ccccc2O1. The molecule has 2 amide bonds. The molecular weight excluding hydrogens is 352 g/mol. The summed E-state index contributed by atoms with van der Waals surface area (Å²) in [6.45, 7) is 0.231. The Labute approximate surface area is 155 Å². The molecule has 0 saturated carbocycles. The summed E-state index contributed by atoms with van der Waals surface area (Å²) in [5.41, 5.74) is 1.12. The van der Waals surface area contributed by atoms with Crippen molar-refractivity contribution in [1.29, 1.82) is 0 Å². The maximum atomic E-state index is 12.4.